The van der Waals surface area contributed by atoms with Crippen LogP contribution < -0.4 is 5.32 Å². The molecule has 2 aliphatic rings. The molecule has 2 heteroatoms. The standard InChI is InChI=1S/C14H28N2/c1-12(2)13-10-14(11-13)15-6-9-16-7-4-3-5-8-16/h12-15H,3-11H2,1-2H3. The molecule has 0 unspecified atom stereocenters. The van der Waals surface area contributed by atoms with Crippen molar-refractivity contribution in [1.82, 2.24) is 10.2 Å². The zero-order chi connectivity index (χ0) is 11.4. The molecule has 2 rings (SSSR count). The number of piperidine rings is 1. The normalized spacial score (nSPS) is 31.7. The van der Waals surface area contributed by atoms with Gasteiger partial charge in [-0.2, -0.15) is 0 Å². The Morgan fingerprint density at radius 3 is 2.44 bits per heavy atom. The van der Waals surface area contributed by atoms with E-state index in [4.69, 9.17) is 0 Å². The molecule has 0 atom stereocenters. The maximum atomic E-state index is 3.71. The average Bonchev–Trinajstić information content (AvgIpc) is 2.22. The van der Waals surface area contributed by atoms with Crippen molar-refractivity contribution < 1.29 is 0 Å². The second-order valence-corrected chi connectivity index (χ2v) is 6.03. The van der Waals surface area contributed by atoms with Gasteiger partial charge in [-0.15, -0.1) is 0 Å². The highest BCUT2D eigenvalue weighted by Gasteiger charge is 2.30. The summed E-state index contributed by atoms with van der Waals surface area (Å²) in [6.45, 7) is 9.85. The topological polar surface area (TPSA) is 15.3 Å². The minimum Gasteiger partial charge on any atom is -0.313 e. The van der Waals surface area contributed by atoms with Crippen LogP contribution in [0, 0.1) is 11.8 Å². The molecular formula is C14H28N2. The Hall–Kier alpha value is -0.0800. The van der Waals surface area contributed by atoms with E-state index in [1.54, 1.807) is 0 Å². The Labute approximate surface area is 101 Å². The Balaban J connectivity index is 1.49. The van der Waals surface area contributed by atoms with E-state index in [0.29, 0.717) is 0 Å². The SMILES string of the molecule is CC(C)C1CC(NCCN2CCCCC2)C1. The van der Waals surface area contributed by atoms with Crippen molar-refractivity contribution in [3.63, 3.8) is 0 Å². The van der Waals surface area contributed by atoms with Crippen molar-refractivity contribution in [2.75, 3.05) is 26.2 Å². The lowest BCUT2D eigenvalue weighted by molar-refractivity contribution is 0.159. The summed E-state index contributed by atoms with van der Waals surface area (Å²) in [5, 5.41) is 3.71. The van der Waals surface area contributed by atoms with Gasteiger partial charge in [-0.05, 0) is 50.6 Å². The predicted octanol–water partition coefficient (Wildman–Crippen LogP) is 2.50. The van der Waals surface area contributed by atoms with Gasteiger partial charge in [0.05, 0.1) is 0 Å². The third kappa shape index (κ3) is 3.46. The van der Waals surface area contributed by atoms with Gasteiger partial charge in [0.1, 0.15) is 0 Å². The van der Waals surface area contributed by atoms with Crippen LogP contribution in [0.5, 0.6) is 0 Å². The van der Waals surface area contributed by atoms with Crippen molar-refractivity contribution in [2.45, 2.75) is 52.0 Å². The van der Waals surface area contributed by atoms with Gasteiger partial charge in [0, 0.05) is 19.1 Å². The van der Waals surface area contributed by atoms with Crippen molar-refractivity contribution in [3.8, 4) is 0 Å². The molecule has 2 nitrogen and oxygen atoms in total. The van der Waals surface area contributed by atoms with E-state index in [0.717, 1.165) is 17.9 Å². The van der Waals surface area contributed by atoms with Gasteiger partial charge in [-0.3, -0.25) is 0 Å². The van der Waals surface area contributed by atoms with Crippen LogP contribution in [-0.4, -0.2) is 37.1 Å². The van der Waals surface area contributed by atoms with E-state index in [-0.39, 0.29) is 0 Å². The van der Waals surface area contributed by atoms with Gasteiger partial charge < -0.3 is 10.2 Å². The largest absolute Gasteiger partial charge is 0.313 e. The molecule has 1 saturated carbocycles. The molecular weight excluding hydrogens is 196 g/mol. The lowest BCUT2D eigenvalue weighted by Crippen LogP contribution is -2.46. The molecule has 0 amide bonds. The molecule has 16 heavy (non-hydrogen) atoms. The van der Waals surface area contributed by atoms with Crippen LogP contribution in [0.3, 0.4) is 0 Å². The van der Waals surface area contributed by atoms with Gasteiger partial charge in [0.25, 0.3) is 0 Å². The summed E-state index contributed by atoms with van der Waals surface area (Å²) in [4.78, 5) is 2.62. The monoisotopic (exact) mass is 224 g/mol. The van der Waals surface area contributed by atoms with E-state index in [9.17, 15) is 0 Å². The number of hydrogen-bond donors (Lipinski definition) is 1. The maximum absolute atomic E-state index is 3.71. The van der Waals surface area contributed by atoms with Crippen molar-refractivity contribution in [2.24, 2.45) is 11.8 Å². The molecule has 2 fully saturated rings. The smallest absolute Gasteiger partial charge is 0.0107 e. The Morgan fingerprint density at radius 1 is 1.12 bits per heavy atom. The predicted molar refractivity (Wildman–Crippen MR) is 69.6 cm³/mol. The van der Waals surface area contributed by atoms with E-state index in [1.165, 1.54) is 58.3 Å². The number of nitrogens with zero attached hydrogens (tertiary/aromatic N) is 1. The van der Waals surface area contributed by atoms with Crippen LogP contribution >= 0.6 is 0 Å². The maximum Gasteiger partial charge on any atom is 0.0107 e. The molecule has 0 aromatic rings. The molecule has 94 valence electrons. The highest BCUT2D eigenvalue weighted by Crippen LogP contribution is 2.33. The lowest BCUT2D eigenvalue weighted by Gasteiger charge is -2.39. The minimum atomic E-state index is 0.831. The summed E-state index contributed by atoms with van der Waals surface area (Å²) in [7, 11) is 0. The van der Waals surface area contributed by atoms with Crippen LogP contribution in [0.2, 0.25) is 0 Å². The first kappa shape index (κ1) is 12.4. The number of likely N-dealkylation sites (tertiary alicyclic amines) is 1. The number of hydrogen-bond acceptors (Lipinski definition) is 2. The Kier molecular flexibility index (Phi) is 4.66. The molecule has 0 aromatic carbocycles. The van der Waals surface area contributed by atoms with Crippen molar-refractivity contribution >= 4 is 0 Å². The van der Waals surface area contributed by atoms with Gasteiger partial charge in [0.15, 0.2) is 0 Å². The molecule has 0 aromatic heterocycles. The quantitative estimate of drug-likeness (QED) is 0.772. The molecule has 1 aliphatic carbocycles. The fourth-order valence-electron chi connectivity index (χ4n) is 2.98. The third-order valence-electron chi connectivity index (χ3n) is 4.43. The molecule has 1 aliphatic heterocycles. The zero-order valence-corrected chi connectivity index (χ0v) is 11.0. The van der Waals surface area contributed by atoms with E-state index < -0.39 is 0 Å². The molecule has 1 N–H and O–H groups in total. The van der Waals surface area contributed by atoms with Crippen LogP contribution in [0.4, 0.5) is 0 Å². The number of rotatable bonds is 5. The van der Waals surface area contributed by atoms with Gasteiger partial charge >= 0.3 is 0 Å². The summed E-state index contributed by atoms with van der Waals surface area (Å²) in [6, 6.07) is 0.831. The van der Waals surface area contributed by atoms with Crippen LogP contribution in [0.1, 0.15) is 46.0 Å². The second-order valence-electron chi connectivity index (χ2n) is 6.03. The molecule has 0 spiro atoms. The van der Waals surface area contributed by atoms with Crippen molar-refractivity contribution in [1.29, 1.82) is 0 Å². The van der Waals surface area contributed by atoms with E-state index in [2.05, 4.69) is 24.1 Å². The summed E-state index contributed by atoms with van der Waals surface area (Å²) >= 11 is 0. The Bertz CT molecular complexity index is 191. The fourth-order valence-corrected chi connectivity index (χ4v) is 2.98. The van der Waals surface area contributed by atoms with Gasteiger partial charge in [0.2, 0.25) is 0 Å². The molecule has 0 bridgehead atoms. The average molecular weight is 224 g/mol. The first-order valence-corrected chi connectivity index (χ1v) is 7.21. The van der Waals surface area contributed by atoms with E-state index >= 15 is 0 Å². The lowest BCUT2D eigenvalue weighted by atomic mass is 9.74. The summed E-state index contributed by atoms with van der Waals surface area (Å²) in [6.07, 6.45) is 7.11. The first-order valence-electron chi connectivity index (χ1n) is 7.21. The molecule has 0 radical (unpaired) electrons. The first-order chi connectivity index (χ1) is 7.75. The highest BCUT2D eigenvalue weighted by molar-refractivity contribution is 4.86. The second kappa shape index (κ2) is 6.02. The van der Waals surface area contributed by atoms with Gasteiger partial charge in [-0.1, -0.05) is 20.3 Å². The summed E-state index contributed by atoms with van der Waals surface area (Å²) in [5.41, 5.74) is 0. The zero-order valence-electron chi connectivity index (χ0n) is 11.0. The van der Waals surface area contributed by atoms with Crippen LogP contribution in [-0.2, 0) is 0 Å². The third-order valence-corrected chi connectivity index (χ3v) is 4.43. The summed E-state index contributed by atoms with van der Waals surface area (Å²) < 4.78 is 0. The van der Waals surface area contributed by atoms with Crippen LogP contribution in [0.25, 0.3) is 0 Å². The minimum absolute atomic E-state index is 0.831. The highest BCUT2D eigenvalue weighted by atomic mass is 15.1. The molecule has 1 saturated heterocycles. The van der Waals surface area contributed by atoms with Gasteiger partial charge in [-0.25, -0.2) is 0 Å². The summed E-state index contributed by atoms with van der Waals surface area (Å²) in [5.74, 6) is 1.88. The number of nitrogens with one attached hydrogen (secondary N) is 1. The molecule has 1 heterocycles. The van der Waals surface area contributed by atoms with Crippen LogP contribution in [0.15, 0.2) is 0 Å². The van der Waals surface area contributed by atoms with Crippen molar-refractivity contribution in [3.05, 3.63) is 0 Å². The van der Waals surface area contributed by atoms with E-state index in [1.807, 2.05) is 0 Å². The fraction of sp³-hybridized carbons (Fsp3) is 1.00. The Morgan fingerprint density at radius 2 is 1.81 bits per heavy atom.